The highest BCUT2D eigenvalue weighted by molar-refractivity contribution is 5.94. The lowest BCUT2D eigenvalue weighted by Gasteiger charge is -2.05. The molecule has 0 aliphatic rings. The normalized spacial score (nSPS) is 10.5. The highest BCUT2D eigenvalue weighted by Gasteiger charge is 2.10. The fourth-order valence-electron chi connectivity index (χ4n) is 1.56. The molecule has 0 N–H and O–H groups in total. The molecule has 0 amide bonds. The minimum absolute atomic E-state index is 0.101. The SMILES string of the molecule is Cc1nccn1CC(=O)c1cccn1C. The molecule has 0 aliphatic heterocycles. The standard InChI is InChI=1S/C11H13N3O/c1-9-12-5-7-14(9)8-11(15)10-4-3-6-13(10)2/h3-7H,8H2,1-2H3. The third-order valence-corrected chi connectivity index (χ3v) is 2.47. The average Bonchev–Trinajstić information content (AvgIpc) is 2.76. The molecule has 0 spiro atoms. The van der Waals surface area contributed by atoms with Crippen molar-refractivity contribution in [2.75, 3.05) is 0 Å². The summed E-state index contributed by atoms with van der Waals surface area (Å²) in [5.41, 5.74) is 0.725. The van der Waals surface area contributed by atoms with Gasteiger partial charge in [0.25, 0.3) is 0 Å². The number of hydrogen-bond acceptors (Lipinski definition) is 2. The van der Waals surface area contributed by atoms with Crippen LogP contribution in [0.5, 0.6) is 0 Å². The summed E-state index contributed by atoms with van der Waals surface area (Å²) in [5.74, 6) is 0.959. The summed E-state index contributed by atoms with van der Waals surface area (Å²) >= 11 is 0. The zero-order valence-electron chi connectivity index (χ0n) is 8.84. The molecule has 4 heteroatoms. The second-order valence-corrected chi connectivity index (χ2v) is 3.53. The van der Waals surface area contributed by atoms with Crippen molar-refractivity contribution in [3.8, 4) is 0 Å². The summed E-state index contributed by atoms with van der Waals surface area (Å²) in [5, 5.41) is 0. The number of nitrogens with zero attached hydrogens (tertiary/aromatic N) is 3. The van der Waals surface area contributed by atoms with Gasteiger partial charge in [-0.2, -0.15) is 0 Å². The van der Waals surface area contributed by atoms with Crippen LogP contribution < -0.4 is 0 Å². The Labute approximate surface area is 88.2 Å². The minimum Gasteiger partial charge on any atom is -0.348 e. The minimum atomic E-state index is 0.101. The molecular weight excluding hydrogens is 190 g/mol. The van der Waals surface area contributed by atoms with Gasteiger partial charge in [0, 0.05) is 25.6 Å². The Hall–Kier alpha value is -1.84. The quantitative estimate of drug-likeness (QED) is 0.708. The zero-order chi connectivity index (χ0) is 10.8. The van der Waals surface area contributed by atoms with Crippen molar-refractivity contribution in [1.82, 2.24) is 14.1 Å². The third kappa shape index (κ3) is 1.83. The molecule has 0 aromatic carbocycles. The van der Waals surface area contributed by atoms with E-state index < -0.39 is 0 Å². The van der Waals surface area contributed by atoms with Crippen LogP contribution in [0.15, 0.2) is 30.7 Å². The summed E-state index contributed by atoms with van der Waals surface area (Å²) in [7, 11) is 1.87. The van der Waals surface area contributed by atoms with Gasteiger partial charge >= 0.3 is 0 Å². The number of aryl methyl sites for hydroxylation is 2. The van der Waals surface area contributed by atoms with Gasteiger partial charge in [-0.25, -0.2) is 4.98 Å². The fourth-order valence-corrected chi connectivity index (χ4v) is 1.56. The molecule has 0 saturated carbocycles. The summed E-state index contributed by atoms with van der Waals surface area (Å²) in [6.45, 7) is 2.24. The molecule has 15 heavy (non-hydrogen) atoms. The predicted molar refractivity (Wildman–Crippen MR) is 56.7 cm³/mol. The van der Waals surface area contributed by atoms with Gasteiger partial charge in [-0.1, -0.05) is 0 Å². The molecule has 0 aliphatic carbocycles. The summed E-state index contributed by atoms with van der Waals surface area (Å²) in [6.07, 6.45) is 5.39. The molecule has 2 aromatic rings. The van der Waals surface area contributed by atoms with E-state index in [1.807, 2.05) is 47.6 Å². The van der Waals surface area contributed by atoms with Crippen molar-refractivity contribution >= 4 is 5.78 Å². The molecule has 0 radical (unpaired) electrons. The fraction of sp³-hybridized carbons (Fsp3) is 0.273. The van der Waals surface area contributed by atoms with Gasteiger partial charge in [-0.05, 0) is 19.1 Å². The lowest BCUT2D eigenvalue weighted by atomic mass is 10.3. The van der Waals surface area contributed by atoms with Crippen molar-refractivity contribution in [3.05, 3.63) is 42.2 Å². The van der Waals surface area contributed by atoms with Crippen LogP contribution in [0.3, 0.4) is 0 Å². The van der Waals surface area contributed by atoms with Gasteiger partial charge < -0.3 is 9.13 Å². The van der Waals surface area contributed by atoms with Gasteiger partial charge in [0.15, 0.2) is 5.78 Å². The Bertz CT molecular complexity index is 481. The van der Waals surface area contributed by atoms with E-state index in [0.717, 1.165) is 11.5 Å². The number of carbonyl (C=O) groups is 1. The van der Waals surface area contributed by atoms with Gasteiger partial charge in [-0.15, -0.1) is 0 Å². The number of imidazole rings is 1. The number of Topliss-reactive ketones (excluding diaryl/α,β-unsaturated/α-hetero) is 1. The molecule has 78 valence electrons. The molecule has 2 aromatic heterocycles. The lowest BCUT2D eigenvalue weighted by Crippen LogP contribution is -2.13. The lowest BCUT2D eigenvalue weighted by molar-refractivity contribution is 0.0963. The smallest absolute Gasteiger partial charge is 0.198 e. The number of hydrogen-bond donors (Lipinski definition) is 0. The van der Waals surface area contributed by atoms with Gasteiger partial charge in [0.2, 0.25) is 0 Å². The first-order valence-electron chi connectivity index (χ1n) is 4.81. The monoisotopic (exact) mass is 203 g/mol. The van der Waals surface area contributed by atoms with E-state index in [1.165, 1.54) is 0 Å². The van der Waals surface area contributed by atoms with Gasteiger partial charge in [0.05, 0.1) is 12.2 Å². The molecule has 0 fully saturated rings. The zero-order valence-corrected chi connectivity index (χ0v) is 8.84. The Morgan fingerprint density at radius 3 is 2.80 bits per heavy atom. The van der Waals surface area contributed by atoms with Crippen molar-refractivity contribution in [2.45, 2.75) is 13.5 Å². The third-order valence-electron chi connectivity index (χ3n) is 2.47. The maximum atomic E-state index is 11.9. The maximum Gasteiger partial charge on any atom is 0.198 e. The molecule has 2 heterocycles. The van der Waals surface area contributed by atoms with Crippen molar-refractivity contribution in [3.63, 3.8) is 0 Å². The van der Waals surface area contributed by atoms with Crippen molar-refractivity contribution in [2.24, 2.45) is 7.05 Å². The molecule has 4 nitrogen and oxygen atoms in total. The number of carbonyl (C=O) groups excluding carboxylic acids is 1. The van der Waals surface area contributed by atoms with E-state index >= 15 is 0 Å². The summed E-state index contributed by atoms with van der Waals surface area (Å²) in [4.78, 5) is 16.0. The van der Waals surface area contributed by atoms with E-state index in [2.05, 4.69) is 4.98 Å². The van der Waals surface area contributed by atoms with Gasteiger partial charge in [-0.3, -0.25) is 4.79 Å². The van der Waals surface area contributed by atoms with Crippen LogP contribution in [0.2, 0.25) is 0 Å². The van der Waals surface area contributed by atoms with Crippen LogP contribution in [0.1, 0.15) is 16.3 Å². The molecule has 0 atom stereocenters. The first kappa shape index (κ1) is 9.71. The Morgan fingerprint density at radius 1 is 1.47 bits per heavy atom. The van der Waals surface area contributed by atoms with Gasteiger partial charge in [0.1, 0.15) is 5.82 Å². The number of ketones is 1. The molecule has 0 saturated heterocycles. The summed E-state index contributed by atoms with van der Waals surface area (Å²) in [6, 6.07) is 3.70. The van der Waals surface area contributed by atoms with E-state index in [1.54, 1.807) is 6.20 Å². The Morgan fingerprint density at radius 2 is 2.27 bits per heavy atom. The Balaban J connectivity index is 2.18. The largest absolute Gasteiger partial charge is 0.348 e. The maximum absolute atomic E-state index is 11.9. The average molecular weight is 203 g/mol. The highest BCUT2D eigenvalue weighted by Crippen LogP contribution is 2.04. The van der Waals surface area contributed by atoms with E-state index in [0.29, 0.717) is 6.54 Å². The second kappa shape index (κ2) is 3.73. The summed E-state index contributed by atoms with van der Waals surface area (Å²) < 4.78 is 3.67. The number of rotatable bonds is 3. The molecule has 0 bridgehead atoms. The molecule has 2 rings (SSSR count). The molecule has 0 unspecified atom stereocenters. The van der Waals surface area contributed by atoms with E-state index in [4.69, 9.17) is 0 Å². The van der Waals surface area contributed by atoms with Crippen LogP contribution in [-0.4, -0.2) is 19.9 Å². The van der Waals surface area contributed by atoms with Crippen molar-refractivity contribution in [1.29, 1.82) is 0 Å². The van der Waals surface area contributed by atoms with Crippen LogP contribution >= 0.6 is 0 Å². The predicted octanol–water partition coefficient (Wildman–Crippen LogP) is 1.41. The van der Waals surface area contributed by atoms with Crippen LogP contribution in [0.25, 0.3) is 0 Å². The topological polar surface area (TPSA) is 39.8 Å². The first-order valence-corrected chi connectivity index (χ1v) is 4.81. The van der Waals surface area contributed by atoms with Crippen LogP contribution in [0.4, 0.5) is 0 Å². The Kier molecular flexibility index (Phi) is 2.41. The molecular formula is C11H13N3O. The van der Waals surface area contributed by atoms with Crippen molar-refractivity contribution < 1.29 is 4.79 Å². The van der Waals surface area contributed by atoms with Crippen LogP contribution in [0, 0.1) is 6.92 Å². The van der Waals surface area contributed by atoms with E-state index in [-0.39, 0.29) is 5.78 Å². The number of aromatic nitrogens is 3. The van der Waals surface area contributed by atoms with E-state index in [9.17, 15) is 4.79 Å². The van der Waals surface area contributed by atoms with Crippen LogP contribution in [-0.2, 0) is 13.6 Å². The first-order chi connectivity index (χ1) is 7.18. The highest BCUT2D eigenvalue weighted by atomic mass is 16.1. The second-order valence-electron chi connectivity index (χ2n) is 3.53.